The number of rotatable bonds is 7. The molecule has 0 bridgehead atoms. The Bertz CT molecular complexity index is 915. The fourth-order valence-electron chi connectivity index (χ4n) is 2.54. The molecule has 3 rings (SSSR count). The second kappa shape index (κ2) is 8.31. The average Bonchev–Trinajstić information content (AvgIpc) is 3.36. The molecule has 0 unspecified atom stereocenters. The van der Waals surface area contributed by atoms with Gasteiger partial charge in [0, 0.05) is 44.5 Å². The van der Waals surface area contributed by atoms with E-state index in [2.05, 4.69) is 15.6 Å². The summed E-state index contributed by atoms with van der Waals surface area (Å²) >= 11 is 0. The Morgan fingerprint density at radius 2 is 2.07 bits per heavy atom. The Balaban J connectivity index is 1.61. The monoisotopic (exact) mass is 367 g/mol. The highest BCUT2D eigenvalue weighted by Gasteiger charge is 2.14. The van der Waals surface area contributed by atoms with E-state index in [0.29, 0.717) is 24.4 Å². The fraction of sp³-hybridized carbons (Fsp3) is 0.263. The lowest BCUT2D eigenvalue weighted by Gasteiger charge is -2.07. The lowest BCUT2D eigenvalue weighted by molar-refractivity contribution is 0.0797. The summed E-state index contributed by atoms with van der Waals surface area (Å²) in [6, 6.07) is 10.5. The molecule has 0 saturated heterocycles. The summed E-state index contributed by atoms with van der Waals surface area (Å²) in [5, 5.41) is 10.5. The molecule has 2 heterocycles. The highest BCUT2D eigenvalue weighted by atomic mass is 16.4. The molecule has 0 atom stereocenters. The molecule has 0 aliphatic rings. The van der Waals surface area contributed by atoms with Gasteiger partial charge >= 0.3 is 0 Å². The van der Waals surface area contributed by atoms with Crippen LogP contribution >= 0.6 is 0 Å². The van der Waals surface area contributed by atoms with Crippen LogP contribution in [0.1, 0.15) is 27.3 Å². The first kappa shape index (κ1) is 18.4. The first-order chi connectivity index (χ1) is 13.0. The number of nitrogens with one attached hydrogen (secondary N) is 1. The Morgan fingerprint density at radius 1 is 1.22 bits per heavy atom. The number of hydrogen-bond acceptors (Lipinski definition) is 5. The largest absolute Gasteiger partial charge is 0.451 e. The molecular formula is C19H21N5O3. The molecule has 0 aliphatic heterocycles. The zero-order chi connectivity index (χ0) is 19.2. The van der Waals surface area contributed by atoms with Crippen molar-refractivity contribution in [3.63, 3.8) is 0 Å². The Kier molecular flexibility index (Phi) is 5.65. The number of amides is 2. The molecule has 2 amide bonds. The Hall–Kier alpha value is -3.42. The van der Waals surface area contributed by atoms with Crippen molar-refractivity contribution in [1.29, 1.82) is 0 Å². The third-order valence-electron chi connectivity index (χ3n) is 3.95. The molecule has 3 aromatic rings. The molecular weight excluding hydrogens is 346 g/mol. The fourth-order valence-corrected chi connectivity index (χ4v) is 2.54. The first-order valence-electron chi connectivity index (χ1n) is 8.59. The van der Waals surface area contributed by atoms with Crippen molar-refractivity contribution in [3.05, 3.63) is 60.1 Å². The van der Waals surface area contributed by atoms with E-state index < -0.39 is 0 Å². The second-order valence-corrected chi connectivity index (χ2v) is 6.22. The molecule has 27 heavy (non-hydrogen) atoms. The molecule has 1 N–H and O–H groups in total. The number of nitrogens with zero attached hydrogens (tertiary/aromatic N) is 4. The van der Waals surface area contributed by atoms with Gasteiger partial charge in [0.15, 0.2) is 5.76 Å². The van der Waals surface area contributed by atoms with Crippen LogP contribution in [0.4, 0.5) is 0 Å². The lowest BCUT2D eigenvalue weighted by Crippen LogP contribution is -2.25. The van der Waals surface area contributed by atoms with E-state index in [-0.39, 0.29) is 17.6 Å². The van der Waals surface area contributed by atoms with Crippen LogP contribution in [0.5, 0.6) is 0 Å². The van der Waals surface area contributed by atoms with E-state index in [1.165, 1.54) is 4.90 Å². The Morgan fingerprint density at radius 3 is 2.81 bits per heavy atom. The van der Waals surface area contributed by atoms with Crippen molar-refractivity contribution >= 4 is 11.8 Å². The predicted octanol–water partition coefficient (Wildman–Crippen LogP) is 2.06. The maximum absolute atomic E-state index is 12.4. The lowest BCUT2D eigenvalue weighted by atomic mass is 10.1. The normalized spacial score (nSPS) is 10.6. The van der Waals surface area contributed by atoms with Crippen LogP contribution in [0.15, 0.2) is 53.2 Å². The smallest absolute Gasteiger partial charge is 0.289 e. The molecule has 0 spiro atoms. The summed E-state index contributed by atoms with van der Waals surface area (Å²) in [4.78, 5) is 25.8. The summed E-state index contributed by atoms with van der Waals surface area (Å²) in [7, 11) is 3.33. The molecule has 0 aliphatic carbocycles. The zero-order valence-electron chi connectivity index (χ0n) is 15.3. The van der Waals surface area contributed by atoms with Gasteiger partial charge in [-0.15, -0.1) is 5.10 Å². The number of aromatic nitrogens is 3. The summed E-state index contributed by atoms with van der Waals surface area (Å²) in [5.41, 5.74) is 1.27. The van der Waals surface area contributed by atoms with E-state index in [1.54, 1.807) is 61.5 Å². The van der Waals surface area contributed by atoms with Crippen LogP contribution in [0.25, 0.3) is 11.3 Å². The third kappa shape index (κ3) is 4.60. The van der Waals surface area contributed by atoms with Crippen molar-refractivity contribution in [1.82, 2.24) is 25.2 Å². The Labute approximate surface area is 156 Å². The maximum atomic E-state index is 12.4. The molecule has 0 fully saturated rings. The minimum absolute atomic E-state index is 0.161. The minimum atomic E-state index is -0.206. The minimum Gasteiger partial charge on any atom is -0.451 e. The molecule has 8 heteroatoms. The van der Waals surface area contributed by atoms with Gasteiger partial charge in [-0.2, -0.15) is 0 Å². The number of benzene rings is 1. The highest BCUT2D eigenvalue weighted by molar-refractivity contribution is 5.95. The number of carbonyl (C=O) groups is 2. The average molecular weight is 367 g/mol. The van der Waals surface area contributed by atoms with E-state index in [4.69, 9.17) is 4.42 Å². The van der Waals surface area contributed by atoms with Gasteiger partial charge in [-0.05, 0) is 30.7 Å². The van der Waals surface area contributed by atoms with Crippen molar-refractivity contribution < 1.29 is 14.0 Å². The SMILES string of the molecule is CN(C)C(=O)c1ccc(-c2cccc(C(=O)NCCCn3ccnn3)c2)o1. The van der Waals surface area contributed by atoms with Crippen molar-refractivity contribution in [2.45, 2.75) is 13.0 Å². The van der Waals surface area contributed by atoms with Gasteiger partial charge in [-0.1, -0.05) is 17.3 Å². The van der Waals surface area contributed by atoms with Crippen molar-refractivity contribution in [3.8, 4) is 11.3 Å². The maximum Gasteiger partial charge on any atom is 0.289 e. The number of aryl methyl sites for hydroxylation is 1. The van der Waals surface area contributed by atoms with Crippen molar-refractivity contribution in [2.75, 3.05) is 20.6 Å². The van der Waals surface area contributed by atoms with Crippen molar-refractivity contribution in [2.24, 2.45) is 0 Å². The number of carbonyl (C=O) groups excluding carboxylic acids is 2. The van der Waals surface area contributed by atoms with E-state index in [9.17, 15) is 9.59 Å². The topological polar surface area (TPSA) is 93.3 Å². The van der Waals surface area contributed by atoms with Gasteiger partial charge in [0.25, 0.3) is 11.8 Å². The molecule has 140 valence electrons. The number of furan rings is 1. The van der Waals surface area contributed by atoms with Gasteiger partial charge < -0.3 is 14.6 Å². The highest BCUT2D eigenvalue weighted by Crippen LogP contribution is 2.23. The van der Waals surface area contributed by atoms with Gasteiger partial charge in [0.2, 0.25) is 0 Å². The molecule has 2 aromatic heterocycles. The van der Waals surface area contributed by atoms with Crippen LogP contribution in [0, 0.1) is 0 Å². The van der Waals surface area contributed by atoms with Gasteiger partial charge in [0.1, 0.15) is 5.76 Å². The standard InChI is InChI=1S/C19H21N5O3/c1-23(2)19(26)17-8-7-16(27-17)14-5-3-6-15(13-14)18(25)20-9-4-11-24-12-10-21-22-24/h3,5-8,10,12-13H,4,9,11H2,1-2H3,(H,20,25). The van der Waals surface area contributed by atoms with E-state index in [1.807, 2.05) is 6.07 Å². The first-order valence-corrected chi connectivity index (χ1v) is 8.59. The predicted molar refractivity (Wildman–Crippen MR) is 99.1 cm³/mol. The molecule has 0 radical (unpaired) electrons. The van der Waals surface area contributed by atoms with E-state index in [0.717, 1.165) is 12.0 Å². The summed E-state index contributed by atoms with van der Waals surface area (Å²) in [5.74, 6) is 0.438. The summed E-state index contributed by atoms with van der Waals surface area (Å²) in [6.45, 7) is 1.22. The molecule has 0 saturated carbocycles. The number of hydrogen-bond donors (Lipinski definition) is 1. The van der Waals surface area contributed by atoms with Gasteiger partial charge in [0.05, 0.1) is 6.20 Å². The van der Waals surface area contributed by atoms with Crippen LogP contribution in [0.2, 0.25) is 0 Å². The van der Waals surface area contributed by atoms with Gasteiger partial charge in [-0.3, -0.25) is 14.3 Å². The molecule has 1 aromatic carbocycles. The van der Waals surface area contributed by atoms with Crippen LogP contribution in [-0.2, 0) is 6.54 Å². The van der Waals surface area contributed by atoms with Crippen LogP contribution in [-0.4, -0.2) is 52.3 Å². The van der Waals surface area contributed by atoms with Gasteiger partial charge in [-0.25, -0.2) is 0 Å². The summed E-state index contributed by atoms with van der Waals surface area (Å²) in [6.07, 6.45) is 4.16. The van der Waals surface area contributed by atoms with Crippen LogP contribution < -0.4 is 5.32 Å². The molecule has 8 nitrogen and oxygen atoms in total. The summed E-state index contributed by atoms with van der Waals surface area (Å²) < 4.78 is 7.35. The van der Waals surface area contributed by atoms with Crippen LogP contribution in [0.3, 0.4) is 0 Å². The zero-order valence-corrected chi connectivity index (χ0v) is 15.3. The van der Waals surface area contributed by atoms with E-state index >= 15 is 0 Å². The quantitative estimate of drug-likeness (QED) is 0.645. The third-order valence-corrected chi connectivity index (χ3v) is 3.95. The second-order valence-electron chi connectivity index (χ2n) is 6.22.